The van der Waals surface area contributed by atoms with Crippen molar-refractivity contribution < 1.29 is 15.0 Å². The highest BCUT2D eigenvalue weighted by atomic mass is 16.4. The second kappa shape index (κ2) is 7.11. The molecule has 5 rings (SSSR count). The largest absolute Gasteiger partial charge is 0.481 e. The van der Waals surface area contributed by atoms with Gasteiger partial charge < -0.3 is 10.2 Å². The Morgan fingerprint density at radius 2 is 1.61 bits per heavy atom. The fourth-order valence-corrected chi connectivity index (χ4v) is 10.8. The molecule has 5 aliphatic carbocycles. The van der Waals surface area contributed by atoms with E-state index in [1.54, 1.807) is 5.57 Å². The number of aliphatic hydroxyl groups is 1. The van der Waals surface area contributed by atoms with E-state index in [1.807, 2.05) is 0 Å². The zero-order chi connectivity index (χ0) is 24.2. The van der Waals surface area contributed by atoms with Gasteiger partial charge in [-0.1, -0.05) is 60.1 Å². The molecule has 0 aromatic rings. The van der Waals surface area contributed by atoms with Crippen LogP contribution in [0.15, 0.2) is 11.6 Å². The van der Waals surface area contributed by atoms with Gasteiger partial charge in [-0.15, -0.1) is 0 Å². The van der Waals surface area contributed by atoms with Gasteiger partial charge >= 0.3 is 5.97 Å². The average molecular weight is 457 g/mol. The van der Waals surface area contributed by atoms with Crippen LogP contribution in [0.3, 0.4) is 0 Å². The zero-order valence-corrected chi connectivity index (χ0v) is 22.2. The van der Waals surface area contributed by atoms with Crippen LogP contribution in [0.2, 0.25) is 0 Å². The number of carboxylic acids is 1. The molecule has 4 saturated carbocycles. The van der Waals surface area contributed by atoms with Crippen molar-refractivity contribution in [3.63, 3.8) is 0 Å². The summed E-state index contributed by atoms with van der Waals surface area (Å²) in [5, 5.41) is 21.0. The summed E-state index contributed by atoms with van der Waals surface area (Å²) in [7, 11) is 0. The van der Waals surface area contributed by atoms with Crippen LogP contribution in [-0.4, -0.2) is 22.3 Å². The number of rotatable bonds is 1. The summed E-state index contributed by atoms with van der Waals surface area (Å²) >= 11 is 0. The molecule has 5 aliphatic rings. The van der Waals surface area contributed by atoms with Gasteiger partial charge in [0.05, 0.1) is 12.0 Å². The zero-order valence-electron chi connectivity index (χ0n) is 22.2. The Balaban J connectivity index is 1.56. The number of hydrogen-bond donors (Lipinski definition) is 2. The Hall–Kier alpha value is -0.830. The van der Waals surface area contributed by atoms with Crippen LogP contribution in [0.25, 0.3) is 0 Å². The molecule has 0 aromatic carbocycles. The summed E-state index contributed by atoms with van der Waals surface area (Å²) < 4.78 is 0. The molecule has 0 aliphatic heterocycles. The van der Waals surface area contributed by atoms with Crippen LogP contribution < -0.4 is 0 Å². The minimum atomic E-state index is -0.571. The third-order valence-electron chi connectivity index (χ3n) is 12.8. The molecule has 0 aromatic heterocycles. The first kappa shape index (κ1) is 23.9. The Morgan fingerprint density at radius 3 is 2.27 bits per heavy atom. The molecular formula is C30H48O3. The molecular weight excluding hydrogens is 408 g/mol. The van der Waals surface area contributed by atoms with E-state index in [1.165, 1.54) is 12.8 Å². The molecule has 0 radical (unpaired) electrons. The van der Waals surface area contributed by atoms with Crippen molar-refractivity contribution in [1.29, 1.82) is 0 Å². The van der Waals surface area contributed by atoms with E-state index in [2.05, 4.69) is 54.5 Å². The normalized spacial score (nSPS) is 52.4. The molecule has 186 valence electrons. The third-order valence-corrected chi connectivity index (χ3v) is 12.8. The molecule has 3 nitrogen and oxygen atoms in total. The smallest absolute Gasteiger partial charge is 0.306 e. The van der Waals surface area contributed by atoms with Crippen LogP contribution in [0.5, 0.6) is 0 Å². The minimum Gasteiger partial charge on any atom is -0.481 e. The molecule has 0 heterocycles. The number of fused-ring (bicyclic) bond motifs is 7. The van der Waals surface area contributed by atoms with Crippen LogP contribution in [0, 0.1) is 56.7 Å². The maximum atomic E-state index is 12.3. The first-order chi connectivity index (χ1) is 15.2. The van der Waals surface area contributed by atoms with Crippen LogP contribution >= 0.6 is 0 Å². The van der Waals surface area contributed by atoms with Crippen molar-refractivity contribution in [3.05, 3.63) is 11.6 Å². The fraction of sp³-hybridized carbons (Fsp3) is 0.900. The first-order valence-electron chi connectivity index (χ1n) is 13.8. The highest BCUT2D eigenvalue weighted by Gasteiger charge is 2.67. The maximum Gasteiger partial charge on any atom is 0.306 e. The summed E-state index contributed by atoms with van der Waals surface area (Å²) in [6.45, 7) is 16.9. The molecule has 2 N–H and O–H groups in total. The lowest BCUT2D eigenvalue weighted by atomic mass is 9.34. The predicted octanol–water partition coefficient (Wildman–Crippen LogP) is 7.09. The molecule has 33 heavy (non-hydrogen) atoms. The van der Waals surface area contributed by atoms with Crippen LogP contribution in [-0.2, 0) is 4.79 Å². The topological polar surface area (TPSA) is 57.5 Å². The Labute approximate surface area is 201 Å². The van der Waals surface area contributed by atoms with Gasteiger partial charge in [0.1, 0.15) is 0 Å². The van der Waals surface area contributed by atoms with Crippen molar-refractivity contribution in [2.75, 3.05) is 0 Å². The van der Waals surface area contributed by atoms with Gasteiger partial charge in [0.25, 0.3) is 0 Å². The monoisotopic (exact) mass is 456 g/mol. The first-order valence-corrected chi connectivity index (χ1v) is 13.8. The SMILES string of the molecule is CC1(C)C[C@H](C(=O)O)[C@@H]2CC[C@]3(C)C(=CC[C@H]4[C@@]5(C)CC[C@@H](O)C(C)(C)[C@H]5CC[C@]43C)[C@H]2C1. The summed E-state index contributed by atoms with van der Waals surface area (Å²) in [6.07, 6.45) is 12.3. The molecule has 0 spiro atoms. The molecule has 0 saturated heterocycles. The number of allylic oxidation sites excluding steroid dienone is 2. The van der Waals surface area contributed by atoms with Gasteiger partial charge in [0.2, 0.25) is 0 Å². The predicted molar refractivity (Wildman–Crippen MR) is 133 cm³/mol. The number of carboxylic acid groups (broad SMARTS) is 1. The van der Waals surface area contributed by atoms with Crippen molar-refractivity contribution in [2.45, 2.75) is 112 Å². The average Bonchev–Trinajstić information content (AvgIpc) is 2.70. The highest BCUT2D eigenvalue weighted by Crippen LogP contribution is 2.74. The van der Waals surface area contributed by atoms with E-state index in [0.29, 0.717) is 23.7 Å². The van der Waals surface area contributed by atoms with Gasteiger partial charge in [-0.2, -0.15) is 0 Å². The maximum absolute atomic E-state index is 12.3. The fourth-order valence-electron chi connectivity index (χ4n) is 10.8. The second-order valence-electron chi connectivity index (χ2n) is 15.0. The van der Waals surface area contributed by atoms with E-state index in [0.717, 1.165) is 44.9 Å². The molecule has 4 fully saturated rings. The van der Waals surface area contributed by atoms with Gasteiger partial charge in [-0.05, 0) is 109 Å². The number of aliphatic carboxylic acids is 1. The highest BCUT2D eigenvalue weighted by molar-refractivity contribution is 5.71. The third kappa shape index (κ3) is 3.06. The minimum absolute atomic E-state index is 0.0149. The van der Waals surface area contributed by atoms with E-state index >= 15 is 0 Å². The number of carbonyl (C=O) groups is 1. The van der Waals surface area contributed by atoms with Crippen molar-refractivity contribution in [2.24, 2.45) is 56.7 Å². The summed E-state index contributed by atoms with van der Waals surface area (Å²) in [4.78, 5) is 12.3. The van der Waals surface area contributed by atoms with Gasteiger partial charge in [-0.25, -0.2) is 0 Å². The molecule has 0 amide bonds. The van der Waals surface area contributed by atoms with Crippen LogP contribution in [0.1, 0.15) is 106 Å². The Kier molecular flexibility index (Phi) is 5.15. The van der Waals surface area contributed by atoms with Gasteiger partial charge in [0.15, 0.2) is 0 Å². The van der Waals surface area contributed by atoms with Gasteiger partial charge in [0, 0.05) is 0 Å². The Bertz CT molecular complexity index is 870. The quantitative estimate of drug-likeness (QED) is 0.414. The Morgan fingerprint density at radius 1 is 0.909 bits per heavy atom. The van der Waals surface area contributed by atoms with E-state index in [9.17, 15) is 15.0 Å². The second-order valence-corrected chi connectivity index (χ2v) is 15.0. The summed E-state index contributed by atoms with van der Waals surface area (Å²) in [5.41, 5.74) is 2.40. The molecule has 3 heteroatoms. The number of hydrogen-bond acceptors (Lipinski definition) is 2. The van der Waals surface area contributed by atoms with E-state index < -0.39 is 5.97 Å². The lowest BCUT2D eigenvalue weighted by Crippen LogP contribution is -2.64. The van der Waals surface area contributed by atoms with Crippen molar-refractivity contribution in [1.82, 2.24) is 0 Å². The lowest BCUT2D eigenvalue weighted by Gasteiger charge is -2.70. The van der Waals surface area contributed by atoms with Crippen molar-refractivity contribution in [3.8, 4) is 0 Å². The van der Waals surface area contributed by atoms with Crippen molar-refractivity contribution >= 4 is 5.97 Å². The van der Waals surface area contributed by atoms with Crippen LogP contribution in [0.4, 0.5) is 0 Å². The standard InChI is InChI=1S/C30H48O3/c1-26(2)16-19-18(20(17-26)25(32)33)10-14-29(6)21(19)8-9-23-28(5)13-12-24(31)27(3,4)22(28)11-15-30(23,29)7/h8,18-20,22-24,31H,9-17H2,1-7H3,(H,32,33)/t18-,19+,20+,22-,23+,24-,28+,29-,30-/m1/s1. The summed E-state index contributed by atoms with van der Waals surface area (Å²) in [6, 6.07) is 0. The number of aliphatic hydroxyl groups excluding tert-OH is 1. The van der Waals surface area contributed by atoms with E-state index in [4.69, 9.17) is 0 Å². The molecule has 9 atom stereocenters. The molecule has 0 unspecified atom stereocenters. The lowest BCUT2D eigenvalue weighted by molar-refractivity contribution is -0.201. The molecule has 0 bridgehead atoms. The van der Waals surface area contributed by atoms with E-state index in [-0.39, 0.29) is 39.1 Å². The van der Waals surface area contributed by atoms with Gasteiger partial charge in [-0.3, -0.25) is 4.79 Å². The summed E-state index contributed by atoms with van der Waals surface area (Å²) in [5.74, 6) is 1.20.